The second kappa shape index (κ2) is 8.68. The molecular formula is C29H39NO4. The minimum Gasteiger partial charge on any atom is -0.507 e. The maximum Gasteiger partial charge on any atom is 0.332 e. The molecule has 2 aromatic rings. The molecule has 0 saturated heterocycles. The lowest BCUT2D eigenvalue weighted by atomic mass is 9.77. The molecule has 1 unspecified atom stereocenters. The lowest BCUT2D eigenvalue weighted by Gasteiger charge is -2.34. The summed E-state index contributed by atoms with van der Waals surface area (Å²) in [5, 5.41) is 14.6. The molecule has 5 heteroatoms. The number of rotatable bonds is 2. The van der Waals surface area contributed by atoms with Crippen molar-refractivity contribution in [1.82, 2.24) is 0 Å². The Labute approximate surface area is 204 Å². The summed E-state index contributed by atoms with van der Waals surface area (Å²) in [4.78, 5) is 12.3. The molecule has 184 valence electrons. The van der Waals surface area contributed by atoms with E-state index in [4.69, 9.17) is 9.47 Å². The van der Waals surface area contributed by atoms with Gasteiger partial charge in [-0.2, -0.15) is 0 Å². The molecule has 3 rings (SSSR count). The van der Waals surface area contributed by atoms with Crippen molar-refractivity contribution in [2.75, 3.05) is 12.4 Å². The van der Waals surface area contributed by atoms with Gasteiger partial charge in [0.2, 0.25) is 0 Å². The zero-order valence-electron chi connectivity index (χ0n) is 22.2. The quantitative estimate of drug-likeness (QED) is 0.373. The van der Waals surface area contributed by atoms with E-state index in [9.17, 15) is 9.90 Å². The van der Waals surface area contributed by atoms with Crippen LogP contribution < -0.4 is 10.1 Å². The number of phenolic OH excluding ortho intramolecular Hbond substituents is 1. The molecule has 0 saturated carbocycles. The molecule has 1 aliphatic rings. The predicted octanol–water partition coefficient (Wildman–Crippen LogP) is 6.89. The van der Waals surface area contributed by atoms with Crippen molar-refractivity contribution in [1.29, 1.82) is 0 Å². The van der Waals surface area contributed by atoms with E-state index in [1.54, 1.807) is 0 Å². The van der Waals surface area contributed by atoms with E-state index in [2.05, 4.69) is 79.8 Å². The second-order valence-electron chi connectivity index (χ2n) is 12.2. The highest BCUT2D eigenvalue weighted by Crippen LogP contribution is 2.45. The van der Waals surface area contributed by atoms with Crippen LogP contribution in [0.2, 0.25) is 0 Å². The molecule has 0 bridgehead atoms. The summed E-state index contributed by atoms with van der Waals surface area (Å²) in [5.74, 6) is 0.557. The lowest BCUT2D eigenvalue weighted by Crippen LogP contribution is -2.25. The predicted molar refractivity (Wildman–Crippen MR) is 138 cm³/mol. The minimum absolute atomic E-state index is 0.0278. The van der Waals surface area contributed by atoms with Crippen molar-refractivity contribution >= 4 is 11.7 Å². The zero-order valence-corrected chi connectivity index (χ0v) is 22.2. The van der Waals surface area contributed by atoms with Crippen LogP contribution in [-0.4, -0.2) is 18.2 Å². The van der Waals surface area contributed by atoms with E-state index in [0.717, 1.165) is 27.9 Å². The number of carbonyl (C=O) groups excluding carboxylic acids is 1. The Balaban J connectivity index is 2.22. The van der Waals surface area contributed by atoms with Crippen molar-refractivity contribution in [3.05, 3.63) is 64.4 Å². The molecule has 2 aromatic carbocycles. The molecule has 5 nitrogen and oxygen atoms in total. The van der Waals surface area contributed by atoms with E-state index in [-0.39, 0.29) is 16.2 Å². The Hall–Kier alpha value is -2.95. The number of hydrogen-bond acceptors (Lipinski definition) is 5. The van der Waals surface area contributed by atoms with Gasteiger partial charge in [-0.15, -0.1) is 0 Å². The number of nitrogens with one attached hydrogen (secondary N) is 1. The summed E-state index contributed by atoms with van der Waals surface area (Å²) < 4.78 is 11.4. The summed E-state index contributed by atoms with van der Waals surface area (Å²) >= 11 is 0. The van der Waals surface area contributed by atoms with Gasteiger partial charge in [0, 0.05) is 6.08 Å². The van der Waals surface area contributed by atoms with E-state index in [0.29, 0.717) is 17.2 Å². The standard InChI is InChI=1S/C29H39NO4/c1-27(2,3)18-11-12-23-21(15-18)30-22(16-24(31)33-10)26(34-23)17-13-19(28(4,5)6)25(32)20(14-17)29(7,8)9/h11-16,26,30,32H,1-10H3/b22-16-. The minimum atomic E-state index is -0.560. The van der Waals surface area contributed by atoms with E-state index in [1.165, 1.54) is 13.2 Å². The van der Waals surface area contributed by atoms with Crippen molar-refractivity contribution in [2.24, 2.45) is 0 Å². The third-order valence-electron chi connectivity index (χ3n) is 6.18. The topological polar surface area (TPSA) is 67.8 Å². The maximum atomic E-state index is 12.3. The molecular weight excluding hydrogens is 426 g/mol. The number of aromatic hydroxyl groups is 1. The van der Waals surface area contributed by atoms with Gasteiger partial charge in [0.15, 0.2) is 6.10 Å². The number of methoxy groups -OCH3 is 1. The molecule has 1 aliphatic heterocycles. The second-order valence-corrected chi connectivity index (χ2v) is 12.2. The van der Waals surface area contributed by atoms with Gasteiger partial charge in [0.05, 0.1) is 18.5 Å². The van der Waals surface area contributed by atoms with Gasteiger partial charge in [-0.25, -0.2) is 4.79 Å². The van der Waals surface area contributed by atoms with Gasteiger partial charge in [0.1, 0.15) is 11.5 Å². The molecule has 34 heavy (non-hydrogen) atoms. The number of benzene rings is 2. The first-order valence-corrected chi connectivity index (χ1v) is 11.8. The Morgan fingerprint density at radius 1 is 0.941 bits per heavy atom. The number of esters is 1. The van der Waals surface area contributed by atoms with Gasteiger partial charge in [0.25, 0.3) is 0 Å². The zero-order chi connectivity index (χ0) is 25.6. The molecule has 2 N–H and O–H groups in total. The van der Waals surface area contributed by atoms with Crippen LogP contribution in [0, 0.1) is 0 Å². The van der Waals surface area contributed by atoms with Gasteiger partial charge in [-0.1, -0.05) is 68.4 Å². The first kappa shape index (κ1) is 25.7. The lowest BCUT2D eigenvalue weighted by molar-refractivity contribution is -0.134. The number of ether oxygens (including phenoxy) is 2. The summed E-state index contributed by atoms with van der Waals surface area (Å²) in [6.07, 6.45) is 0.882. The molecule has 0 aromatic heterocycles. The third kappa shape index (κ3) is 5.24. The smallest absolute Gasteiger partial charge is 0.332 e. The van der Waals surface area contributed by atoms with E-state index >= 15 is 0 Å². The summed E-state index contributed by atoms with van der Waals surface area (Å²) in [7, 11) is 1.36. The van der Waals surface area contributed by atoms with E-state index < -0.39 is 12.1 Å². The highest BCUT2D eigenvalue weighted by atomic mass is 16.5. The molecule has 0 radical (unpaired) electrons. The fraction of sp³-hybridized carbons (Fsp3) is 0.483. The van der Waals surface area contributed by atoms with Crippen LogP contribution in [0.5, 0.6) is 11.5 Å². The van der Waals surface area contributed by atoms with Crippen LogP contribution in [-0.2, 0) is 25.8 Å². The van der Waals surface area contributed by atoms with Crippen molar-refractivity contribution in [3.63, 3.8) is 0 Å². The third-order valence-corrected chi connectivity index (χ3v) is 6.18. The van der Waals surface area contributed by atoms with Gasteiger partial charge in [-0.05, 0) is 62.8 Å². The fourth-order valence-corrected chi connectivity index (χ4v) is 4.11. The first-order valence-electron chi connectivity index (χ1n) is 11.8. The monoisotopic (exact) mass is 465 g/mol. The number of hydrogen-bond donors (Lipinski definition) is 2. The van der Waals surface area contributed by atoms with Gasteiger partial charge < -0.3 is 19.9 Å². The molecule has 0 fully saturated rings. The Kier molecular flexibility index (Phi) is 6.55. The molecule has 0 spiro atoms. The Morgan fingerprint density at radius 2 is 1.50 bits per heavy atom. The van der Waals surface area contributed by atoms with Crippen LogP contribution in [0.25, 0.3) is 0 Å². The largest absolute Gasteiger partial charge is 0.507 e. The average Bonchev–Trinajstić information content (AvgIpc) is 2.70. The maximum absolute atomic E-state index is 12.3. The van der Waals surface area contributed by atoms with Crippen LogP contribution in [0.15, 0.2) is 42.1 Å². The molecule has 0 aliphatic carbocycles. The van der Waals surface area contributed by atoms with Crippen LogP contribution in [0.4, 0.5) is 5.69 Å². The summed E-state index contributed by atoms with van der Waals surface area (Å²) in [6, 6.07) is 10.1. The number of anilines is 1. The van der Waals surface area contributed by atoms with Crippen LogP contribution in [0.3, 0.4) is 0 Å². The SMILES string of the molecule is COC(=O)/C=C1\Nc2cc(C(C)(C)C)ccc2OC1c1cc(C(C)(C)C)c(O)c(C(C)(C)C)c1. The van der Waals surface area contributed by atoms with Crippen LogP contribution in [0.1, 0.15) is 90.7 Å². The highest BCUT2D eigenvalue weighted by Gasteiger charge is 2.33. The Morgan fingerprint density at radius 3 is 1.97 bits per heavy atom. The van der Waals surface area contributed by atoms with Crippen molar-refractivity contribution < 1.29 is 19.4 Å². The number of phenols is 1. The fourth-order valence-electron chi connectivity index (χ4n) is 4.11. The van der Waals surface area contributed by atoms with Crippen LogP contribution >= 0.6 is 0 Å². The normalized spacial score (nSPS) is 17.6. The highest BCUT2D eigenvalue weighted by molar-refractivity contribution is 5.84. The van der Waals surface area contributed by atoms with Crippen molar-refractivity contribution in [3.8, 4) is 11.5 Å². The van der Waals surface area contributed by atoms with Gasteiger partial charge in [-0.3, -0.25) is 0 Å². The molecule has 1 heterocycles. The summed E-state index contributed by atoms with van der Waals surface area (Å²) in [6.45, 7) is 18.9. The Bertz CT molecular complexity index is 1090. The molecule has 0 amide bonds. The molecule has 1 atom stereocenters. The average molecular weight is 466 g/mol. The number of carbonyl (C=O) groups is 1. The van der Waals surface area contributed by atoms with Gasteiger partial charge >= 0.3 is 5.97 Å². The van der Waals surface area contributed by atoms with Crippen molar-refractivity contribution in [2.45, 2.75) is 84.7 Å². The first-order chi connectivity index (χ1) is 15.5. The summed E-state index contributed by atoms with van der Waals surface area (Å²) in [5.41, 5.74) is 4.51. The number of fused-ring (bicyclic) bond motifs is 1. The van der Waals surface area contributed by atoms with E-state index in [1.807, 2.05) is 18.2 Å².